The molecule has 1 saturated heterocycles. The van der Waals surface area contributed by atoms with E-state index in [0.29, 0.717) is 13.1 Å². The zero-order chi connectivity index (χ0) is 12.3. The van der Waals surface area contributed by atoms with Gasteiger partial charge >= 0.3 is 0 Å². The molecule has 1 heterocycles. The van der Waals surface area contributed by atoms with Crippen LogP contribution in [0.1, 0.15) is 32.6 Å². The molecule has 0 aromatic rings. The van der Waals surface area contributed by atoms with Crippen molar-refractivity contribution in [3.63, 3.8) is 0 Å². The van der Waals surface area contributed by atoms with E-state index >= 15 is 0 Å². The van der Waals surface area contributed by atoms with Crippen molar-refractivity contribution in [3.8, 4) is 0 Å². The topological polar surface area (TPSA) is 61.4 Å². The first-order valence-electron chi connectivity index (χ1n) is 6.56. The van der Waals surface area contributed by atoms with Crippen LogP contribution >= 0.6 is 0 Å². The zero-order valence-corrected chi connectivity index (χ0v) is 11.3. The molecule has 2 aliphatic rings. The number of piperazine rings is 1. The van der Waals surface area contributed by atoms with E-state index < -0.39 is 10.2 Å². The van der Waals surface area contributed by atoms with Crippen LogP contribution in [0.5, 0.6) is 0 Å². The van der Waals surface area contributed by atoms with Crippen LogP contribution in [-0.4, -0.2) is 44.9 Å². The minimum atomic E-state index is -3.26. The summed E-state index contributed by atoms with van der Waals surface area (Å²) in [7, 11) is -3.26. The smallest absolute Gasteiger partial charge is 0.279 e. The Morgan fingerprint density at radius 2 is 1.71 bits per heavy atom. The number of nitrogens with zero attached hydrogens (tertiary/aromatic N) is 1. The minimum absolute atomic E-state index is 0.145. The Morgan fingerprint density at radius 3 is 2.29 bits per heavy atom. The first-order chi connectivity index (χ1) is 8.08. The van der Waals surface area contributed by atoms with Gasteiger partial charge in [0, 0.05) is 32.2 Å². The largest absolute Gasteiger partial charge is 0.314 e. The molecule has 0 aromatic heterocycles. The summed E-state index contributed by atoms with van der Waals surface area (Å²) in [5, 5.41) is 3.16. The third-order valence-electron chi connectivity index (χ3n) is 3.75. The number of hydrogen-bond donors (Lipinski definition) is 2. The van der Waals surface area contributed by atoms with Crippen molar-refractivity contribution in [2.75, 3.05) is 26.2 Å². The van der Waals surface area contributed by atoms with E-state index in [9.17, 15) is 8.42 Å². The van der Waals surface area contributed by atoms with Gasteiger partial charge in [0.15, 0.2) is 0 Å². The highest BCUT2D eigenvalue weighted by atomic mass is 32.2. The van der Waals surface area contributed by atoms with Crippen LogP contribution in [0.2, 0.25) is 0 Å². The summed E-state index contributed by atoms with van der Waals surface area (Å²) in [5.41, 5.74) is 0. The molecule has 0 unspecified atom stereocenters. The summed E-state index contributed by atoms with van der Waals surface area (Å²) in [6.07, 6.45) is 4.22. The molecule has 0 bridgehead atoms. The van der Waals surface area contributed by atoms with Gasteiger partial charge in [-0.1, -0.05) is 6.92 Å². The van der Waals surface area contributed by atoms with Crippen molar-refractivity contribution in [1.82, 2.24) is 14.3 Å². The highest BCUT2D eigenvalue weighted by Crippen LogP contribution is 2.24. The Hall–Kier alpha value is -0.170. The third kappa shape index (κ3) is 3.64. The fourth-order valence-corrected chi connectivity index (χ4v) is 4.02. The second-order valence-electron chi connectivity index (χ2n) is 5.23. The Kier molecular flexibility index (Phi) is 4.41. The molecule has 17 heavy (non-hydrogen) atoms. The van der Waals surface area contributed by atoms with Crippen molar-refractivity contribution >= 4 is 10.2 Å². The van der Waals surface area contributed by atoms with E-state index in [0.717, 1.165) is 44.7 Å². The molecule has 0 radical (unpaired) electrons. The standard InChI is InChI=1S/C11H23N3O2S/c1-10-2-4-11(5-3-10)13-17(15,16)14-8-6-12-7-9-14/h10-13H,2-9H2,1H3. The summed E-state index contributed by atoms with van der Waals surface area (Å²) in [6, 6.07) is 0.145. The molecule has 2 fully saturated rings. The lowest BCUT2D eigenvalue weighted by Gasteiger charge is -2.31. The maximum absolute atomic E-state index is 12.1. The van der Waals surface area contributed by atoms with Crippen LogP contribution in [0.15, 0.2) is 0 Å². The van der Waals surface area contributed by atoms with Crippen molar-refractivity contribution in [3.05, 3.63) is 0 Å². The highest BCUT2D eigenvalue weighted by molar-refractivity contribution is 7.87. The van der Waals surface area contributed by atoms with E-state index in [-0.39, 0.29) is 6.04 Å². The molecule has 6 heteroatoms. The lowest BCUT2D eigenvalue weighted by atomic mass is 9.88. The fraction of sp³-hybridized carbons (Fsp3) is 1.00. The van der Waals surface area contributed by atoms with E-state index in [1.165, 1.54) is 0 Å². The maximum atomic E-state index is 12.1. The van der Waals surface area contributed by atoms with Gasteiger partial charge in [-0.05, 0) is 31.6 Å². The van der Waals surface area contributed by atoms with Crippen LogP contribution in [-0.2, 0) is 10.2 Å². The van der Waals surface area contributed by atoms with Gasteiger partial charge in [-0.25, -0.2) is 0 Å². The SMILES string of the molecule is CC1CCC(NS(=O)(=O)N2CCNCC2)CC1. The Bertz CT molecular complexity index is 331. The van der Waals surface area contributed by atoms with Crippen LogP contribution in [0.25, 0.3) is 0 Å². The molecule has 1 saturated carbocycles. The Labute approximate surface area is 104 Å². The van der Waals surface area contributed by atoms with E-state index in [1.54, 1.807) is 4.31 Å². The van der Waals surface area contributed by atoms with Crippen LogP contribution < -0.4 is 10.0 Å². The van der Waals surface area contributed by atoms with Crippen LogP contribution in [0.3, 0.4) is 0 Å². The number of rotatable bonds is 3. The van der Waals surface area contributed by atoms with Gasteiger partial charge in [-0.2, -0.15) is 17.4 Å². The summed E-state index contributed by atoms with van der Waals surface area (Å²) in [6.45, 7) is 4.91. The van der Waals surface area contributed by atoms with Crippen molar-refractivity contribution in [1.29, 1.82) is 0 Å². The third-order valence-corrected chi connectivity index (χ3v) is 5.42. The van der Waals surface area contributed by atoms with E-state index in [2.05, 4.69) is 17.0 Å². The average Bonchev–Trinajstić information content (AvgIpc) is 2.33. The molecule has 2 rings (SSSR count). The fourth-order valence-electron chi connectivity index (χ4n) is 2.55. The summed E-state index contributed by atoms with van der Waals surface area (Å²) in [4.78, 5) is 0. The lowest BCUT2D eigenvalue weighted by molar-refractivity contribution is 0.314. The minimum Gasteiger partial charge on any atom is -0.314 e. The van der Waals surface area contributed by atoms with Gasteiger partial charge in [0.05, 0.1) is 0 Å². The van der Waals surface area contributed by atoms with Gasteiger partial charge < -0.3 is 5.32 Å². The normalized spacial score (nSPS) is 32.5. The van der Waals surface area contributed by atoms with Crippen molar-refractivity contribution in [2.45, 2.75) is 38.6 Å². The summed E-state index contributed by atoms with van der Waals surface area (Å²) in [5.74, 6) is 0.745. The van der Waals surface area contributed by atoms with E-state index in [1.807, 2.05) is 0 Å². The predicted octanol–water partition coefficient (Wildman–Crippen LogP) is 0.305. The van der Waals surface area contributed by atoms with Gasteiger partial charge in [-0.15, -0.1) is 0 Å². The molecule has 1 aliphatic carbocycles. The first-order valence-corrected chi connectivity index (χ1v) is 8.00. The van der Waals surface area contributed by atoms with E-state index in [4.69, 9.17) is 0 Å². The number of hydrogen-bond acceptors (Lipinski definition) is 3. The van der Waals surface area contributed by atoms with Gasteiger partial charge in [0.2, 0.25) is 0 Å². The Balaban J connectivity index is 1.88. The van der Waals surface area contributed by atoms with Gasteiger partial charge in [0.25, 0.3) is 10.2 Å². The predicted molar refractivity (Wildman–Crippen MR) is 67.9 cm³/mol. The molecular weight excluding hydrogens is 238 g/mol. The van der Waals surface area contributed by atoms with Crippen LogP contribution in [0, 0.1) is 5.92 Å². The van der Waals surface area contributed by atoms with Gasteiger partial charge in [0.1, 0.15) is 0 Å². The van der Waals surface area contributed by atoms with Crippen LogP contribution in [0.4, 0.5) is 0 Å². The summed E-state index contributed by atoms with van der Waals surface area (Å²) >= 11 is 0. The quantitative estimate of drug-likeness (QED) is 0.768. The molecule has 1 aliphatic heterocycles. The maximum Gasteiger partial charge on any atom is 0.279 e. The zero-order valence-electron chi connectivity index (χ0n) is 10.5. The molecular formula is C11H23N3O2S. The lowest BCUT2D eigenvalue weighted by Crippen LogP contribution is -2.52. The summed E-state index contributed by atoms with van der Waals surface area (Å²) < 4.78 is 28.7. The molecule has 0 atom stereocenters. The average molecular weight is 261 g/mol. The molecule has 0 aromatic carbocycles. The second-order valence-corrected chi connectivity index (χ2v) is 6.93. The first kappa shape index (κ1) is 13.3. The molecule has 0 spiro atoms. The number of nitrogens with one attached hydrogen (secondary N) is 2. The van der Waals surface area contributed by atoms with Crippen molar-refractivity contribution in [2.24, 2.45) is 5.92 Å². The Morgan fingerprint density at radius 1 is 1.12 bits per heavy atom. The van der Waals surface area contributed by atoms with Crippen molar-refractivity contribution < 1.29 is 8.42 Å². The van der Waals surface area contributed by atoms with Gasteiger partial charge in [-0.3, -0.25) is 0 Å². The molecule has 5 nitrogen and oxygen atoms in total. The monoisotopic (exact) mass is 261 g/mol. The molecule has 2 N–H and O–H groups in total. The molecule has 0 amide bonds. The second kappa shape index (κ2) is 5.65. The highest BCUT2D eigenvalue weighted by Gasteiger charge is 2.28. The molecule has 100 valence electrons.